The molecule has 1 aliphatic rings. The van der Waals surface area contributed by atoms with Crippen LogP contribution in [0.3, 0.4) is 0 Å². The molecule has 1 aliphatic heterocycles. The molecule has 1 nitrogen and oxygen atoms in total. The highest BCUT2D eigenvalue weighted by molar-refractivity contribution is 7.98. The quantitative estimate of drug-likeness (QED) is 0.744. The lowest BCUT2D eigenvalue weighted by atomic mass is 10.0. The number of nitrogens with two attached hydrogens (primary N) is 1. The average Bonchev–Trinajstić information content (AvgIpc) is 2.40. The molecule has 1 heterocycles. The van der Waals surface area contributed by atoms with Crippen molar-refractivity contribution in [2.24, 2.45) is 5.73 Å². The van der Waals surface area contributed by atoms with Gasteiger partial charge in [-0.3, -0.25) is 0 Å². The third-order valence-corrected chi connectivity index (χ3v) is 4.35. The van der Waals surface area contributed by atoms with Crippen LogP contribution in [0.4, 0.5) is 0 Å². The summed E-state index contributed by atoms with van der Waals surface area (Å²) in [5, 5.41) is 0. The van der Waals surface area contributed by atoms with E-state index in [4.69, 9.17) is 5.73 Å². The Morgan fingerprint density at radius 2 is 2.36 bits per heavy atom. The first kappa shape index (κ1) is 10.4. The largest absolute Gasteiger partial charge is 0.324 e. The van der Waals surface area contributed by atoms with Gasteiger partial charge in [-0.05, 0) is 41.7 Å². The molecule has 1 aromatic carbocycles. The molecule has 0 bridgehead atoms. The number of hydrogen-bond acceptors (Lipinski definition) is 3. The van der Waals surface area contributed by atoms with Gasteiger partial charge in [-0.2, -0.15) is 11.8 Å². The molecule has 0 spiro atoms. The van der Waals surface area contributed by atoms with E-state index in [0.717, 1.165) is 12.2 Å². The molecule has 0 saturated carbocycles. The van der Waals surface area contributed by atoms with Crippen molar-refractivity contribution < 1.29 is 0 Å². The van der Waals surface area contributed by atoms with Crippen molar-refractivity contribution in [1.29, 1.82) is 0 Å². The van der Waals surface area contributed by atoms with Crippen molar-refractivity contribution >= 4 is 23.5 Å². The second-order valence-electron chi connectivity index (χ2n) is 3.51. The highest BCUT2D eigenvalue weighted by Gasteiger charge is 2.15. The Balaban J connectivity index is 2.39. The predicted molar refractivity (Wildman–Crippen MR) is 65.9 cm³/mol. The summed E-state index contributed by atoms with van der Waals surface area (Å²) in [4.78, 5) is 1.33. The Kier molecular flexibility index (Phi) is 3.42. The molecule has 0 saturated heterocycles. The molecule has 14 heavy (non-hydrogen) atoms. The maximum absolute atomic E-state index is 6.15. The first-order valence-electron chi connectivity index (χ1n) is 4.81. The molecule has 1 atom stereocenters. The van der Waals surface area contributed by atoms with E-state index >= 15 is 0 Å². The molecule has 0 aromatic heterocycles. The Morgan fingerprint density at radius 1 is 1.50 bits per heavy atom. The molecule has 1 aromatic rings. The fourth-order valence-corrected chi connectivity index (χ4v) is 3.22. The molecule has 0 radical (unpaired) electrons. The number of thioether (sulfide) groups is 2. The van der Waals surface area contributed by atoms with E-state index in [2.05, 4.69) is 24.5 Å². The smallest absolute Gasteiger partial charge is 0.0306 e. The van der Waals surface area contributed by atoms with Crippen LogP contribution in [-0.2, 0) is 5.75 Å². The van der Waals surface area contributed by atoms with Gasteiger partial charge in [0.2, 0.25) is 0 Å². The van der Waals surface area contributed by atoms with Gasteiger partial charge >= 0.3 is 0 Å². The summed E-state index contributed by atoms with van der Waals surface area (Å²) < 4.78 is 0. The molecule has 0 fully saturated rings. The minimum Gasteiger partial charge on any atom is -0.324 e. The highest BCUT2D eigenvalue weighted by Crippen LogP contribution is 2.31. The van der Waals surface area contributed by atoms with Crippen LogP contribution in [0.5, 0.6) is 0 Å². The van der Waals surface area contributed by atoms with Crippen LogP contribution < -0.4 is 5.73 Å². The maximum Gasteiger partial charge on any atom is 0.0306 e. The second-order valence-corrected chi connectivity index (χ2v) is 5.50. The zero-order valence-corrected chi connectivity index (χ0v) is 9.96. The Hall–Kier alpha value is -0.120. The van der Waals surface area contributed by atoms with Gasteiger partial charge in [-0.25, -0.2) is 0 Å². The summed E-state index contributed by atoms with van der Waals surface area (Å²) in [5.41, 5.74) is 8.94. The van der Waals surface area contributed by atoms with Gasteiger partial charge in [0.05, 0.1) is 0 Å². The average molecular weight is 225 g/mol. The van der Waals surface area contributed by atoms with E-state index in [1.165, 1.54) is 21.8 Å². The van der Waals surface area contributed by atoms with E-state index in [1.807, 2.05) is 11.8 Å². The van der Waals surface area contributed by atoms with E-state index in [-0.39, 0.29) is 6.04 Å². The van der Waals surface area contributed by atoms with Gasteiger partial charge in [-0.15, -0.1) is 11.8 Å². The molecule has 0 amide bonds. The fraction of sp³-hybridized carbons (Fsp3) is 0.455. The molecule has 3 heteroatoms. The third-order valence-electron chi connectivity index (χ3n) is 2.58. The van der Waals surface area contributed by atoms with Crippen LogP contribution in [0.1, 0.15) is 23.6 Å². The van der Waals surface area contributed by atoms with E-state index < -0.39 is 0 Å². The summed E-state index contributed by atoms with van der Waals surface area (Å²) >= 11 is 3.78. The minimum atomic E-state index is 0.243. The fourth-order valence-electron chi connectivity index (χ4n) is 1.72. The van der Waals surface area contributed by atoms with Crippen molar-refractivity contribution in [1.82, 2.24) is 0 Å². The van der Waals surface area contributed by atoms with Crippen LogP contribution in [0, 0.1) is 0 Å². The maximum atomic E-state index is 6.15. The molecule has 0 unspecified atom stereocenters. The van der Waals surface area contributed by atoms with Gasteiger partial charge in [0.25, 0.3) is 0 Å². The van der Waals surface area contributed by atoms with Gasteiger partial charge in [0.15, 0.2) is 0 Å². The number of rotatable bonds is 1. The monoisotopic (exact) mass is 225 g/mol. The normalized spacial score (nSPS) is 21.4. The Bertz CT molecular complexity index is 325. The van der Waals surface area contributed by atoms with E-state index in [0.29, 0.717) is 0 Å². The standard InChI is InChI=1S/C11H15NS2/c1-13-9-3-2-8-7-14-5-4-11(12)10(8)6-9/h2-3,6,11H,4-5,7,12H2,1H3/t11-/m0/s1. The lowest BCUT2D eigenvalue weighted by molar-refractivity contribution is 0.703. The van der Waals surface area contributed by atoms with Gasteiger partial charge in [-0.1, -0.05) is 6.07 Å². The van der Waals surface area contributed by atoms with Gasteiger partial charge in [0, 0.05) is 16.7 Å². The zero-order valence-electron chi connectivity index (χ0n) is 8.32. The summed E-state index contributed by atoms with van der Waals surface area (Å²) in [5.74, 6) is 2.31. The Morgan fingerprint density at radius 3 is 3.14 bits per heavy atom. The van der Waals surface area contributed by atoms with Crippen LogP contribution in [0.25, 0.3) is 0 Å². The van der Waals surface area contributed by atoms with Crippen LogP contribution >= 0.6 is 23.5 Å². The van der Waals surface area contributed by atoms with Crippen LogP contribution in [0.15, 0.2) is 23.1 Å². The van der Waals surface area contributed by atoms with E-state index in [9.17, 15) is 0 Å². The molecule has 0 aliphatic carbocycles. The molecular formula is C11H15NS2. The summed E-state index contributed by atoms with van der Waals surface area (Å²) in [6.07, 6.45) is 3.22. The molecule has 2 N–H and O–H groups in total. The summed E-state index contributed by atoms with van der Waals surface area (Å²) in [6.45, 7) is 0. The predicted octanol–water partition coefficient (Wildman–Crippen LogP) is 3.05. The number of fused-ring (bicyclic) bond motifs is 1. The number of hydrogen-bond donors (Lipinski definition) is 1. The van der Waals surface area contributed by atoms with Crippen LogP contribution in [0.2, 0.25) is 0 Å². The van der Waals surface area contributed by atoms with Crippen molar-refractivity contribution in [3.05, 3.63) is 29.3 Å². The lowest BCUT2D eigenvalue weighted by Gasteiger charge is -2.12. The first-order chi connectivity index (χ1) is 6.81. The third kappa shape index (κ3) is 2.10. The van der Waals surface area contributed by atoms with Crippen LogP contribution in [-0.4, -0.2) is 12.0 Å². The van der Waals surface area contributed by atoms with Gasteiger partial charge < -0.3 is 5.73 Å². The van der Waals surface area contributed by atoms with Gasteiger partial charge in [0.1, 0.15) is 0 Å². The lowest BCUT2D eigenvalue weighted by Crippen LogP contribution is -2.11. The second kappa shape index (κ2) is 4.60. The first-order valence-corrected chi connectivity index (χ1v) is 7.19. The molecule has 2 rings (SSSR count). The number of benzene rings is 1. The minimum absolute atomic E-state index is 0.243. The van der Waals surface area contributed by atoms with Crippen molar-refractivity contribution in [3.63, 3.8) is 0 Å². The van der Waals surface area contributed by atoms with Crippen molar-refractivity contribution in [2.45, 2.75) is 23.1 Å². The molecular weight excluding hydrogens is 210 g/mol. The van der Waals surface area contributed by atoms with E-state index in [1.54, 1.807) is 11.8 Å². The topological polar surface area (TPSA) is 26.0 Å². The van der Waals surface area contributed by atoms with Crippen molar-refractivity contribution in [2.75, 3.05) is 12.0 Å². The highest BCUT2D eigenvalue weighted by atomic mass is 32.2. The summed E-state index contributed by atoms with van der Waals surface area (Å²) in [7, 11) is 0. The van der Waals surface area contributed by atoms with Crippen molar-refractivity contribution in [3.8, 4) is 0 Å². The zero-order chi connectivity index (χ0) is 9.97. The SMILES string of the molecule is CSc1ccc2c(c1)[C@@H](N)CCSC2. The molecule has 76 valence electrons. The Labute approximate surface area is 93.8 Å². The summed E-state index contributed by atoms with van der Waals surface area (Å²) in [6, 6.07) is 6.94.